The molecule has 27 heavy (non-hydrogen) atoms. The van der Waals surface area contributed by atoms with Crippen LogP contribution in [0.25, 0.3) is 11.4 Å². The van der Waals surface area contributed by atoms with Crippen LogP contribution in [0.4, 0.5) is 0 Å². The molecule has 3 rings (SSSR count). The summed E-state index contributed by atoms with van der Waals surface area (Å²) >= 11 is 0. The first-order valence-corrected chi connectivity index (χ1v) is 8.96. The van der Waals surface area contributed by atoms with Gasteiger partial charge in [0.2, 0.25) is 11.7 Å². The molecule has 0 unspecified atom stereocenters. The Morgan fingerprint density at radius 2 is 2.19 bits per heavy atom. The molecule has 0 fully saturated rings. The molecule has 9 nitrogen and oxygen atoms in total. The number of aromatic nitrogens is 6. The Balaban J connectivity index is 1.70. The summed E-state index contributed by atoms with van der Waals surface area (Å²) in [5.41, 5.74) is 1.11. The van der Waals surface area contributed by atoms with E-state index in [1.165, 1.54) is 4.80 Å². The lowest BCUT2D eigenvalue weighted by atomic mass is 10.1. The van der Waals surface area contributed by atoms with Crippen molar-refractivity contribution in [2.45, 2.75) is 52.7 Å². The summed E-state index contributed by atoms with van der Waals surface area (Å²) in [7, 11) is 0. The van der Waals surface area contributed by atoms with Gasteiger partial charge >= 0.3 is 5.97 Å². The number of nitrogens with zero attached hydrogens (tertiary/aromatic N) is 6. The predicted molar refractivity (Wildman–Crippen MR) is 95.8 cm³/mol. The van der Waals surface area contributed by atoms with Crippen LogP contribution in [0.3, 0.4) is 0 Å². The van der Waals surface area contributed by atoms with E-state index in [9.17, 15) is 4.79 Å². The third-order valence-corrected chi connectivity index (χ3v) is 3.69. The quantitative estimate of drug-likeness (QED) is 0.557. The van der Waals surface area contributed by atoms with Crippen LogP contribution in [0.2, 0.25) is 0 Å². The zero-order valence-corrected chi connectivity index (χ0v) is 15.6. The molecule has 142 valence electrons. The van der Waals surface area contributed by atoms with E-state index in [0.29, 0.717) is 28.7 Å². The van der Waals surface area contributed by atoms with Crippen molar-refractivity contribution < 1.29 is 14.1 Å². The Hall–Kier alpha value is -3.10. The summed E-state index contributed by atoms with van der Waals surface area (Å²) in [6.45, 7) is 5.96. The number of aryl methyl sites for hydroxylation is 1. The van der Waals surface area contributed by atoms with E-state index in [2.05, 4.69) is 32.5 Å². The molecule has 2 aromatic heterocycles. The molecule has 2 heterocycles. The van der Waals surface area contributed by atoms with Crippen LogP contribution in [0, 0.1) is 0 Å². The molecule has 0 saturated heterocycles. The summed E-state index contributed by atoms with van der Waals surface area (Å²) in [5.74, 6) is 1.13. The SMILES string of the molecule is CCCCc1noc(Cn2nnc(-c3cccc(C(=O)OC(C)C)c3)n2)n1. The third-order valence-electron chi connectivity index (χ3n) is 3.69. The summed E-state index contributed by atoms with van der Waals surface area (Å²) < 4.78 is 10.4. The molecular weight excluding hydrogens is 348 g/mol. The van der Waals surface area contributed by atoms with Crippen molar-refractivity contribution in [1.82, 2.24) is 30.3 Å². The van der Waals surface area contributed by atoms with Gasteiger partial charge in [-0.1, -0.05) is 30.6 Å². The lowest BCUT2D eigenvalue weighted by Crippen LogP contribution is -2.11. The van der Waals surface area contributed by atoms with Crippen molar-refractivity contribution in [2.24, 2.45) is 0 Å². The average molecular weight is 370 g/mol. The number of carbonyl (C=O) groups excluding carboxylic acids is 1. The monoisotopic (exact) mass is 370 g/mol. The highest BCUT2D eigenvalue weighted by molar-refractivity contribution is 5.90. The van der Waals surface area contributed by atoms with Crippen molar-refractivity contribution in [3.05, 3.63) is 41.5 Å². The third kappa shape index (κ3) is 4.96. The number of benzene rings is 1. The number of unbranched alkanes of at least 4 members (excludes halogenated alkanes) is 1. The van der Waals surface area contributed by atoms with Gasteiger partial charge in [-0.3, -0.25) is 0 Å². The van der Waals surface area contributed by atoms with Gasteiger partial charge in [-0.05, 0) is 37.6 Å². The number of carbonyl (C=O) groups is 1. The van der Waals surface area contributed by atoms with Gasteiger partial charge in [-0.25, -0.2) is 4.79 Å². The van der Waals surface area contributed by atoms with Crippen molar-refractivity contribution in [2.75, 3.05) is 0 Å². The summed E-state index contributed by atoms with van der Waals surface area (Å²) in [6, 6.07) is 6.94. The largest absolute Gasteiger partial charge is 0.459 e. The van der Waals surface area contributed by atoms with Gasteiger partial charge in [0.1, 0.15) is 6.54 Å². The Morgan fingerprint density at radius 1 is 1.33 bits per heavy atom. The molecule has 3 aromatic rings. The highest BCUT2D eigenvalue weighted by Gasteiger charge is 2.14. The Bertz CT molecular complexity index is 902. The van der Waals surface area contributed by atoms with Crippen LogP contribution < -0.4 is 0 Å². The van der Waals surface area contributed by atoms with E-state index in [4.69, 9.17) is 9.26 Å². The fourth-order valence-electron chi connectivity index (χ4n) is 2.40. The summed E-state index contributed by atoms with van der Waals surface area (Å²) in [6.07, 6.45) is 2.69. The fourth-order valence-corrected chi connectivity index (χ4v) is 2.40. The second-order valence-corrected chi connectivity index (χ2v) is 6.39. The average Bonchev–Trinajstić information content (AvgIpc) is 3.29. The van der Waals surface area contributed by atoms with E-state index < -0.39 is 0 Å². The van der Waals surface area contributed by atoms with Gasteiger partial charge in [-0.2, -0.15) is 9.78 Å². The molecule has 0 radical (unpaired) electrons. The standard InChI is InChI=1S/C18H22N6O3/c1-4-5-9-15-19-16(27-22-15)11-24-21-17(20-23-24)13-7-6-8-14(10-13)18(25)26-12(2)3/h6-8,10,12H,4-5,9,11H2,1-3H3. The predicted octanol–water partition coefficient (Wildman–Crippen LogP) is 2.68. The van der Waals surface area contributed by atoms with Crippen molar-refractivity contribution in [1.29, 1.82) is 0 Å². The lowest BCUT2D eigenvalue weighted by molar-refractivity contribution is 0.0378. The molecule has 0 atom stereocenters. The molecule has 0 aliphatic rings. The Labute approximate surface area is 156 Å². The van der Waals surface area contributed by atoms with Crippen LogP contribution in [-0.4, -0.2) is 42.4 Å². The Kier molecular flexibility index (Phi) is 5.90. The number of rotatable bonds is 8. The normalized spacial score (nSPS) is 11.1. The van der Waals surface area contributed by atoms with Gasteiger partial charge in [0.05, 0.1) is 11.7 Å². The number of hydrogen-bond acceptors (Lipinski definition) is 8. The van der Waals surface area contributed by atoms with E-state index in [0.717, 1.165) is 19.3 Å². The maximum Gasteiger partial charge on any atom is 0.338 e. The Morgan fingerprint density at radius 3 is 2.96 bits per heavy atom. The zero-order valence-electron chi connectivity index (χ0n) is 15.6. The number of hydrogen-bond donors (Lipinski definition) is 0. The van der Waals surface area contributed by atoms with Gasteiger partial charge < -0.3 is 9.26 Å². The first-order valence-electron chi connectivity index (χ1n) is 8.96. The molecule has 0 N–H and O–H groups in total. The molecule has 0 aliphatic heterocycles. The minimum Gasteiger partial charge on any atom is -0.459 e. The number of esters is 1. The molecule has 1 aromatic carbocycles. The topological polar surface area (TPSA) is 109 Å². The van der Waals surface area contributed by atoms with Crippen LogP contribution in [0.15, 0.2) is 28.8 Å². The van der Waals surface area contributed by atoms with Crippen LogP contribution >= 0.6 is 0 Å². The van der Waals surface area contributed by atoms with Crippen molar-refractivity contribution in [3.8, 4) is 11.4 Å². The van der Waals surface area contributed by atoms with Crippen LogP contribution in [-0.2, 0) is 17.7 Å². The molecule has 0 aliphatic carbocycles. The minimum atomic E-state index is -0.385. The zero-order chi connectivity index (χ0) is 19.2. The van der Waals surface area contributed by atoms with E-state index in [1.807, 2.05) is 6.07 Å². The highest BCUT2D eigenvalue weighted by atomic mass is 16.5. The molecule has 0 bridgehead atoms. The molecule has 9 heteroatoms. The number of tetrazole rings is 1. The van der Waals surface area contributed by atoms with Crippen molar-refractivity contribution in [3.63, 3.8) is 0 Å². The second kappa shape index (κ2) is 8.52. The first-order chi connectivity index (χ1) is 13.0. The maximum atomic E-state index is 12.1. The number of ether oxygens (including phenoxy) is 1. The minimum absolute atomic E-state index is 0.184. The highest BCUT2D eigenvalue weighted by Crippen LogP contribution is 2.17. The lowest BCUT2D eigenvalue weighted by Gasteiger charge is -2.08. The molecule has 0 spiro atoms. The van der Waals surface area contributed by atoms with Crippen LogP contribution in [0.5, 0.6) is 0 Å². The second-order valence-electron chi connectivity index (χ2n) is 6.39. The van der Waals surface area contributed by atoms with Gasteiger partial charge in [0.15, 0.2) is 5.82 Å². The van der Waals surface area contributed by atoms with E-state index >= 15 is 0 Å². The maximum absolute atomic E-state index is 12.1. The molecule has 0 amide bonds. The molecule has 0 saturated carbocycles. The summed E-state index contributed by atoms with van der Waals surface area (Å²) in [5, 5.41) is 16.3. The summed E-state index contributed by atoms with van der Waals surface area (Å²) in [4.78, 5) is 17.8. The van der Waals surface area contributed by atoms with E-state index in [1.54, 1.807) is 32.0 Å². The molecular formula is C18H22N6O3. The van der Waals surface area contributed by atoms with Gasteiger partial charge in [0, 0.05) is 12.0 Å². The van der Waals surface area contributed by atoms with Gasteiger partial charge in [0.25, 0.3) is 0 Å². The van der Waals surface area contributed by atoms with E-state index in [-0.39, 0.29) is 18.6 Å². The van der Waals surface area contributed by atoms with Crippen molar-refractivity contribution >= 4 is 5.97 Å². The smallest absolute Gasteiger partial charge is 0.338 e. The van der Waals surface area contributed by atoms with Gasteiger partial charge in [-0.15, -0.1) is 10.2 Å². The first kappa shape index (κ1) is 18.7. The van der Waals surface area contributed by atoms with Crippen LogP contribution in [0.1, 0.15) is 55.7 Å². The fraction of sp³-hybridized carbons (Fsp3) is 0.444.